The number of pyridine rings is 6. The predicted molar refractivity (Wildman–Crippen MR) is 541 cm³/mol. The molecule has 624 valence electrons. The minimum absolute atomic E-state index is 1.01. The van der Waals surface area contributed by atoms with E-state index in [-0.39, 0.29) is 0 Å². The third-order valence-corrected chi connectivity index (χ3v) is 21.1. The Hall–Kier alpha value is -16.0. The van der Waals surface area contributed by atoms with Crippen LogP contribution in [0.5, 0.6) is 0 Å². The first kappa shape index (κ1) is 89.7. The van der Waals surface area contributed by atoms with E-state index >= 15 is 0 Å². The van der Waals surface area contributed by atoms with Crippen molar-refractivity contribution in [1.29, 1.82) is 0 Å². The first-order valence-electron chi connectivity index (χ1n) is 43.3. The molecule has 128 heavy (non-hydrogen) atoms. The Morgan fingerprint density at radius 2 is 0.430 bits per heavy atom. The molecule has 0 radical (unpaired) electrons. The van der Waals surface area contributed by atoms with Gasteiger partial charge in [0, 0.05) is 81.8 Å². The highest BCUT2D eigenvalue weighted by atomic mass is 14.7. The molecule has 20 aromatic rings. The smallest absolute Gasteiger partial charge is 0.0709 e. The number of benzene rings is 14. The summed E-state index contributed by atoms with van der Waals surface area (Å²) < 4.78 is 0. The van der Waals surface area contributed by atoms with Gasteiger partial charge in [0.15, 0.2) is 0 Å². The largest absolute Gasteiger partial charge is 0.264 e. The Balaban J connectivity index is 0.000000126. The van der Waals surface area contributed by atoms with Crippen molar-refractivity contribution in [3.05, 3.63) is 543 Å². The van der Waals surface area contributed by atoms with E-state index in [4.69, 9.17) is 4.98 Å². The number of aryl methyl sites for hydroxylation is 8. The highest BCUT2D eigenvalue weighted by Crippen LogP contribution is 2.31. The standard InChI is InChI=1S/2C19H16.2C18H15N.4C12H11N/c1-15-10-12-17(13-11-15)19-9-5-8-18(14-19)16-6-3-2-4-7-16;1-15-7-9-17(10-8-15)19-13-11-18(12-14-19)16-5-3-2-4-6-16;1-14-10-12-16(13-11-14)18-9-5-8-17(19-18)15-6-3-2-4-7-15;1-14-7-9-16(10-8-14)18-13-17(11-12-19-18)15-5-3-2-4-6-15;1-10-7-12(9-13-8-10)11-5-3-2-4-6-11;1-10-7-8-12(9-13-10)11-5-3-2-4-6-11;1-10-7-8-13-12(9-10)11-5-3-2-4-6-11;1-10-7-8-12(13-9-10)11-5-3-2-4-6-11/h2*2-14H,1H3;2*2-13H,1H3;4*2-9H,1H3. The maximum atomic E-state index is 4.74. The van der Waals surface area contributed by atoms with Gasteiger partial charge in [0.1, 0.15) is 0 Å². The Kier molecular flexibility index (Phi) is 33.3. The van der Waals surface area contributed by atoms with E-state index in [0.29, 0.717) is 0 Å². The average Bonchev–Trinajstić information content (AvgIpc) is 0.849. The zero-order valence-electron chi connectivity index (χ0n) is 74.0. The Bertz CT molecular complexity index is 6170. The van der Waals surface area contributed by atoms with Crippen LogP contribution in [0.4, 0.5) is 0 Å². The summed E-state index contributed by atoms with van der Waals surface area (Å²) in [6.45, 7) is 16.6. The summed E-state index contributed by atoms with van der Waals surface area (Å²) in [5, 5.41) is 0. The third kappa shape index (κ3) is 28.0. The summed E-state index contributed by atoms with van der Waals surface area (Å²) in [5.41, 5.74) is 38.1. The monoisotopic (exact) mass is 1650 g/mol. The van der Waals surface area contributed by atoms with Crippen molar-refractivity contribution in [3.63, 3.8) is 0 Å². The molecule has 0 unspecified atom stereocenters. The van der Waals surface area contributed by atoms with Crippen molar-refractivity contribution in [2.24, 2.45) is 0 Å². The molecule has 20 rings (SSSR count). The van der Waals surface area contributed by atoms with Crippen molar-refractivity contribution in [3.8, 4) is 134 Å². The van der Waals surface area contributed by atoms with Crippen molar-refractivity contribution in [2.45, 2.75) is 55.4 Å². The van der Waals surface area contributed by atoms with Gasteiger partial charge in [-0.25, -0.2) is 4.98 Å². The van der Waals surface area contributed by atoms with Gasteiger partial charge in [0.05, 0.1) is 28.5 Å². The first-order chi connectivity index (χ1) is 62.7. The van der Waals surface area contributed by atoms with Crippen molar-refractivity contribution in [1.82, 2.24) is 29.9 Å². The molecule has 0 aliphatic carbocycles. The second-order valence-corrected chi connectivity index (χ2v) is 31.3. The average molecular weight is 1660 g/mol. The van der Waals surface area contributed by atoms with E-state index in [1.807, 2.05) is 191 Å². The number of hydrogen-bond acceptors (Lipinski definition) is 6. The fraction of sp³-hybridized carbons (Fsp3) is 0.0656. The summed E-state index contributed by atoms with van der Waals surface area (Å²) >= 11 is 0. The van der Waals surface area contributed by atoms with Gasteiger partial charge in [0.2, 0.25) is 0 Å². The number of hydrogen-bond donors (Lipinski definition) is 0. The van der Waals surface area contributed by atoms with Crippen LogP contribution in [0.2, 0.25) is 0 Å². The van der Waals surface area contributed by atoms with Crippen LogP contribution in [0.15, 0.2) is 498 Å². The van der Waals surface area contributed by atoms with E-state index in [1.165, 1.54) is 128 Å². The van der Waals surface area contributed by atoms with Gasteiger partial charge in [-0.2, -0.15) is 0 Å². The van der Waals surface area contributed by atoms with Gasteiger partial charge in [-0.3, -0.25) is 24.9 Å². The molecule has 0 atom stereocenters. The summed E-state index contributed by atoms with van der Waals surface area (Å²) in [7, 11) is 0. The molecule has 6 heteroatoms. The zero-order chi connectivity index (χ0) is 88.7. The van der Waals surface area contributed by atoms with Crippen LogP contribution in [-0.2, 0) is 0 Å². The van der Waals surface area contributed by atoms with Gasteiger partial charge in [-0.15, -0.1) is 0 Å². The van der Waals surface area contributed by atoms with E-state index in [1.54, 1.807) is 0 Å². The highest BCUT2D eigenvalue weighted by Gasteiger charge is 2.09. The van der Waals surface area contributed by atoms with Crippen LogP contribution in [0, 0.1) is 55.4 Å². The molecule has 6 aromatic heterocycles. The van der Waals surface area contributed by atoms with E-state index < -0.39 is 0 Å². The van der Waals surface area contributed by atoms with Gasteiger partial charge in [-0.1, -0.05) is 423 Å². The number of aromatic nitrogens is 6. The fourth-order valence-electron chi connectivity index (χ4n) is 13.9. The molecular formula is C122H106N6. The molecule has 0 saturated heterocycles. The molecule has 0 fully saturated rings. The second-order valence-electron chi connectivity index (χ2n) is 31.3. The molecule has 0 bridgehead atoms. The second kappa shape index (κ2) is 47.6. The predicted octanol–water partition coefficient (Wildman–Crippen LogP) is 32.3. The summed E-state index contributed by atoms with van der Waals surface area (Å²) in [6, 6.07) is 159. The van der Waals surface area contributed by atoms with Gasteiger partial charge in [0.25, 0.3) is 0 Å². The summed E-state index contributed by atoms with van der Waals surface area (Å²) in [4.78, 5) is 26.3. The van der Waals surface area contributed by atoms with Crippen LogP contribution in [0.25, 0.3) is 134 Å². The van der Waals surface area contributed by atoms with Crippen LogP contribution < -0.4 is 0 Å². The van der Waals surface area contributed by atoms with Crippen LogP contribution in [-0.4, -0.2) is 29.9 Å². The molecule has 6 heterocycles. The highest BCUT2D eigenvalue weighted by molar-refractivity contribution is 5.76. The third-order valence-electron chi connectivity index (χ3n) is 21.1. The summed E-state index contributed by atoms with van der Waals surface area (Å²) in [5.74, 6) is 0. The van der Waals surface area contributed by atoms with Crippen molar-refractivity contribution >= 4 is 0 Å². The first-order valence-corrected chi connectivity index (χ1v) is 43.3. The fourth-order valence-corrected chi connectivity index (χ4v) is 13.9. The Morgan fingerprint density at radius 1 is 0.133 bits per heavy atom. The van der Waals surface area contributed by atoms with Crippen LogP contribution in [0.1, 0.15) is 44.6 Å². The molecule has 0 spiro atoms. The maximum absolute atomic E-state index is 4.74. The minimum Gasteiger partial charge on any atom is -0.264 e. The zero-order valence-corrected chi connectivity index (χ0v) is 74.0. The molecule has 0 saturated carbocycles. The minimum atomic E-state index is 1.01. The van der Waals surface area contributed by atoms with Crippen LogP contribution >= 0.6 is 0 Å². The normalized spacial score (nSPS) is 10.2. The Morgan fingerprint density at radius 3 is 0.828 bits per heavy atom. The van der Waals surface area contributed by atoms with E-state index in [0.717, 1.165) is 50.9 Å². The molecule has 6 nitrogen and oxygen atoms in total. The molecular weight excluding hydrogens is 1550 g/mol. The number of rotatable bonds is 12. The van der Waals surface area contributed by atoms with Gasteiger partial charge >= 0.3 is 0 Å². The van der Waals surface area contributed by atoms with Crippen LogP contribution in [0.3, 0.4) is 0 Å². The molecule has 0 aliphatic rings. The van der Waals surface area contributed by atoms with E-state index in [9.17, 15) is 0 Å². The summed E-state index contributed by atoms with van der Waals surface area (Å²) in [6.07, 6.45) is 11.3. The van der Waals surface area contributed by atoms with E-state index in [2.05, 4.69) is 388 Å². The molecule has 0 N–H and O–H groups in total. The Labute approximate surface area is 757 Å². The lowest BCUT2D eigenvalue weighted by molar-refractivity contribution is 1.20. The molecule has 0 amide bonds. The van der Waals surface area contributed by atoms with Crippen molar-refractivity contribution < 1.29 is 0 Å². The SMILES string of the molecule is Cc1ccc(-c2cc(-c3ccccc3)ccn2)cc1.Cc1ccc(-c2ccc(-c3ccccc3)cc2)cc1.Cc1ccc(-c2cccc(-c3ccccc3)c2)cc1.Cc1ccc(-c2cccc(-c3ccccc3)n2)cc1.Cc1ccc(-c2ccccc2)cn1.Cc1ccc(-c2ccccc2)nc1.Cc1ccnc(-c2ccccc2)c1.Cc1cncc(-c2ccccc2)c1. The lowest BCUT2D eigenvalue weighted by Crippen LogP contribution is -1.87. The van der Waals surface area contributed by atoms with Gasteiger partial charge in [-0.05, 0) is 200 Å². The van der Waals surface area contributed by atoms with Crippen molar-refractivity contribution in [2.75, 3.05) is 0 Å². The lowest BCUT2D eigenvalue weighted by Gasteiger charge is -2.06. The van der Waals surface area contributed by atoms with Gasteiger partial charge < -0.3 is 0 Å². The number of nitrogens with zero attached hydrogens (tertiary/aromatic N) is 6. The molecule has 14 aromatic carbocycles. The quantitative estimate of drug-likeness (QED) is 0.121. The molecule has 0 aliphatic heterocycles. The maximum Gasteiger partial charge on any atom is 0.0709 e. The lowest BCUT2D eigenvalue weighted by atomic mass is 9.99. The topological polar surface area (TPSA) is 77.3 Å².